The van der Waals surface area contributed by atoms with E-state index in [9.17, 15) is 0 Å². The van der Waals surface area contributed by atoms with E-state index in [1.165, 1.54) is 0 Å². The Labute approximate surface area is 87.9 Å². The van der Waals surface area contributed by atoms with Gasteiger partial charge in [-0.05, 0) is 42.2 Å². The fraction of sp³-hybridized carbons (Fsp3) is 1.00. The highest BCUT2D eigenvalue weighted by atomic mass is 15.2. The van der Waals surface area contributed by atoms with Crippen molar-refractivity contribution >= 4 is 0 Å². The van der Waals surface area contributed by atoms with Crippen LogP contribution in [0.2, 0.25) is 0 Å². The average Bonchev–Trinajstić information content (AvgIpc) is 2.79. The molecule has 2 fully saturated rings. The fourth-order valence-electron chi connectivity index (χ4n) is 3.31. The molecule has 0 bridgehead atoms. The smallest absolute Gasteiger partial charge is 0.0434 e. The lowest BCUT2D eigenvalue weighted by molar-refractivity contribution is 0.234. The summed E-state index contributed by atoms with van der Waals surface area (Å²) in [5.74, 6) is 0. The van der Waals surface area contributed by atoms with E-state index >= 15 is 0 Å². The molecule has 0 heterocycles. The van der Waals surface area contributed by atoms with Gasteiger partial charge in [-0.1, -0.05) is 23.1 Å². The van der Waals surface area contributed by atoms with E-state index in [1.54, 1.807) is 0 Å². The Morgan fingerprint density at radius 1 is 0.933 bits per heavy atom. The zero-order chi connectivity index (χ0) is 10.7. The molecule has 2 saturated carbocycles. The van der Waals surface area contributed by atoms with Gasteiger partial charge in [0.05, 0.1) is 0 Å². The Morgan fingerprint density at radius 2 is 1.40 bits per heavy atom. The highest BCUT2D eigenvalue weighted by Crippen LogP contribution is 2.53. The van der Waals surface area contributed by atoms with Crippen LogP contribution in [0.4, 0.5) is 0 Å². The standard InChI is InChI=1S/C9H14N6/c10-14-12-7-3-1-5-9(7)6-2-4-8(9)13-15-11/h7-8H,1-6H2/t7-,8+,9?. The van der Waals surface area contributed by atoms with Crippen molar-refractivity contribution in [2.24, 2.45) is 15.6 Å². The van der Waals surface area contributed by atoms with Gasteiger partial charge in [0, 0.05) is 21.9 Å². The number of rotatable bonds is 2. The first-order chi connectivity index (χ1) is 7.33. The lowest BCUT2D eigenvalue weighted by atomic mass is 9.78. The highest BCUT2D eigenvalue weighted by Gasteiger charge is 2.50. The molecule has 2 aliphatic carbocycles. The molecule has 0 aromatic rings. The van der Waals surface area contributed by atoms with Gasteiger partial charge in [0.15, 0.2) is 0 Å². The van der Waals surface area contributed by atoms with Crippen LogP contribution in [0.25, 0.3) is 20.9 Å². The molecule has 0 aromatic carbocycles. The second-order valence-electron chi connectivity index (χ2n) is 4.46. The molecule has 1 spiro atoms. The van der Waals surface area contributed by atoms with Gasteiger partial charge in [-0.3, -0.25) is 0 Å². The molecule has 6 heteroatoms. The molecule has 3 atom stereocenters. The average molecular weight is 206 g/mol. The molecule has 80 valence electrons. The molecular formula is C9H14N6. The summed E-state index contributed by atoms with van der Waals surface area (Å²) in [7, 11) is 0. The van der Waals surface area contributed by atoms with E-state index < -0.39 is 0 Å². The van der Waals surface area contributed by atoms with Gasteiger partial charge >= 0.3 is 0 Å². The summed E-state index contributed by atoms with van der Waals surface area (Å²) >= 11 is 0. The second-order valence-corrected chi connectivity index (χ2v) is 4.46. The van der Waals surface area contributed by atoms with Crippen LogP contribution in [0.15, 0.2) is 10.2 Å². The van der Waals surface area contributed by atoms with Crippen LogP contribution in [0.5, 0.6) is 0 Å². The van der Waals surface area contributed by atoms with E-state index in [0.29, 0.717) is 0 Å². The predicted molar refractivity (Wildman–Crippen MR) is 56.0 cm³/mol. The Balaban J connectivity index is 2.29. The van der Waals surface area contributed by atoms with Crippen LogP contribution in [0.3, 0.4) is 0 Å². The van der Waals surface area contributed by atoms with Crippen molar-refractivity contribution in [3.05, 3.63) is 20.9 Å². The van der Waals surface area contributed by atoms with Crippen LogP contribution in [-0.4, -0.2) is 12.1 Å². The first kappa shape index (κ1) is 10.1. The number of azide groups is 2. The van der Waals surface area contributed by atoms with Crippen LogP contribution in [0.1, 0.15) is 38.5 Å². The van der Waals surface area contributed by atoms with Crippen molar-refractivity contribution in [3.8, 4) is 0 Å². The third kappa shape index (κ3) is 1.52. The largest absolute Gasteiger partial charge is 0.0900 e. The van der Waals surface area contributed by atoms with E-state index in [1.807, 2.05) is 0 Å². The van der Waals surface area contributed by atoms with E-state index in [2.05, 4.69) is 20.1 Å². The summed E-state index contributed by atoms with van der Waals surface area (Å²) in [5, 5.41) is 7.78. The van der Waals surface area contributed by atoms with Gasteiger partial charge in [0.25, 0.3) is 0 Å². The second kappa shape index (κ2) is 4.01. The van der Waals surface area contributed by atoms with E-state index in [0.717, 1.165) is 38.5 Å². The SMILES string of the molecule is [N-]=[N+]=N[C@H]1CCCC12CCC[C@H]2N=[N+]=[N-]. The Hall–Kier alpha value is -1.38. The molecule has 15 heavy (non-hydrogen) atoms. The zero-order valence-electron chi connectivity index (χ0n) is 8.58. The Kier molecular flexibility index (Phi) is 2.71. The quantitative estimate of drug-likeness (QED) is 0.374. The van der Waals surface area contributed by atoms with Crippen molar-refractivity contribution in [1.29, 1.82) is 0 Å². The lowest BCUT2D eigenvalue weighted by Crippen LogP contribution is -2.34. The number of nitrogens with zero attached hydrogens (tertiary/aromatic N) is 6. The van der Waals surface area contributed by atoms with Crippen molar-refractivity contribution in [3.63, 3.8) is 0 Å². The van der Waals surface area contributed by atoms with Gasteiger partial charge in [-0.15, -0.1) is 0 Å². The summed E-state index contributed by atoms with van der Waals surface area (Å²) in [6.07, 6.45) is 6.14. The van der Waals surface area contributed by atoms with Crippen molar-refractivity contribution in [2.75, 3.05) is 0 Å². The molecule has 0 amide bonds. The van der Waals surface area contributed by atoms with Gasteiger partial charge in [0.2, 0.25) is 0 Å². The Bertz CT molecular complexity index is 305. The maximum Gasteiger partial charge on any atom is 0.0434 e. The molecule has 0 radical (unpaired) electrons. The minimum atomic E-state index is -0.0154. The van der Waals surface area contributed by atoms with Gasteiger partial charge in [0.1, 0.15) is 0 Å². The maximum atomic E-state index is 8.54. The van der Waals surface area contributed by atoms with Crippen LogP contribution < -0.4 is 0 Å². The fourth-order valence-corrected chi connectivity index (χ4v) is 3.31. The predicted octanol–water partition coefficient (Wildman–Crippen LogP) is 3.70. The minimum absolute atomic E-state index is 0.0154. The number of hydrogen-bond acceptors (Lipinski definition) is 2. The summed E-state index contributed by atoms with van der Waals surface area (Å²) in [6.45, 7) is 0. The maximum absolute atomic E-state index is 8.54. The van der Waals surface area contributed by atoms with Crippen LogP contribution in [-0.2, 0) is 0 Å². The van der Waals surface area contributed by atoms with Gasteiger partial charge < -0.3 is 0 Å². The molecule has 1 unspecified atom stereocenters. The van der Waals surface area contributed by atoms with Crippen molar-refractivity contribution in [1.82, 2.24) is 0 Å². The van der Waals surface area contributed by atoms with Crippen molar-refractivity contribution in [2.45, 2.75) is 50.6 Å². The normalized spacial score (nSPS) is 38.7. The van der Waals surface area contributed by atoms with Gasteiger partial charge in [-0.2, -0.15) is 0 Å². The lowest BCUT2D eigenvalue weighted by Gasteiger charge is -2.32. The summed E-state index contributed by atoms with van der Waals surface area (Å²) in [5.41, 5.74) is 17.1. The first-order valence-corrected chi connectivity index (χ1v) is 5.42. The molecule has 0 aliphatic heterocycles. The van der Waals surface area contributed by atoms with Gasteiger partial charge in [-0.25, -0.2) is 0 Å². The highest BCUT2D eigenvalue weighted by molar-refractivity contribution is 5.07. The monoisotopic (exact) mass is 206 g/mol. The summed E-state index contributed by atoms with van der Waals surface area (Å²) in [6, 6.07) is 0.0843. The zero-order valence-corrected chi connectivity index (χ0v) is 8.58. The van der Waals surface area contributed by atoms with Crippen LogP contribution in [0, 0.1) is 5.41 Å². The third-order valence-electron chi connectivity index (χ3n) is 3.95. The summed E-state index contributed by atoms with van der Waals surface area (Å²) < 4.78 is 0. The minimum Gasteiger partial charge on any atom is -0.0900 e. The molecule has 6 nitrogen and oxygen atoms in total. The topological polar surface area (TPSA) is 97.5 Å². The van der Waals surface area contributed by atoms with Crippen LogP contribution >= 0.6 is 0 Å². The summed E-state index contributed by atoms with van der Waals surface area (Å²) in [4.78, 5) is 5.84. The van der Waals surface area contributed by atoms with E-state index in [-0.39, 0.29) is 17.5 Å². The third-order valence-corrected chi connectivity index (χ3v) is 3.95. The molecule has 0 N–H and O–H groups in total. The van der Waals surface area contributed by atoms with Crippen molar-refractivity contribution < 1.29 is 0 Å². The number of hydrogen-bond donors (Lipinski definition) is 0. The molecular weight excluding hydrogens is 192 g/mol. The molecule has 0 saturated heterocycles. The first-order valence-electron chi connectivity index (χ1n) is 5.42. The molecule has 2 aliphatic rings. The molecule has 2 rings (SSSR count). The Morgan fingerprint density at radius 3 is 1.80 bits per heavy atom. The van der Waals surface area contributed by atoms with E-state index in [4.69, 9.17) is 11.1 Å². The molecule has 0 aromatic heterocycles.